The summed E-state index contributed by atoms with van der Waals surface area (Å²) in [4.78, 5) is 4.52. The first-order chi connectivity index (χ1) is 13.6. The van der Waals surface area contributed by atoms with Gasteiger partial charge in [-0.15, -0.1) is 5.10 Å². The Balaban J connectivity index is 1.33. The van der Waals surface area contributed by atoms with Crippen LogP contribution in [-0.2, 0) is 0 Å². The quantitative estimate of drug-likeness (QED) is 0.571. The minimum absolute atomic E-state index is 0.493. The van der Waals surface area contributed by atoms with Crippen molar-refractivity contribution >= 4 is 17.0 Å². The van der Waals surface area contributed by atoms with Gasteiger partial charge in [0.2, 0.25) is 5.95 Å². The van der Waals surface area contributed by atoms with E-state index in [4.69, 9.17) is 0 Å². The van der Waals surface area contributed by atoms with Crippen LogP contribution in [0.3, 0.4) is 0 Å². The predicted molar refractivity (Wildman–Crippen MR) is 108 cm³/mol. The molecule has 1 fully saturated rings. The van der Waals surface area contributed by atoms with Crippen molar-refractivity contribution in [2.75, 3.05) is 11.9 Å². The number of anilines is 1. The lowest BCUT2D eigenvalue weighted by atomic mass is 9.80. The normalized spacial score (nSPS) is 22.7. The molecule has 4 heterocycles. The Morgan fingerprint density at radius 1 is 1.18 bits per heavy atom. The van der Waals surface area contributed by atoms with Crippen molar-refractivity contribution in [1.29, 1.82) is 0 Å². The predicted octanol–water partition coefficient (Wildman–Crippen LogP) is 3.40. The summed E-state index contributed by atoms with van der Waals surface area (Å²) in [6.07, 6.45) is 11.4. The molecule has 1 aliphatic rings. The first kappa shape index (κ1) is 17.2. The Kier molecular flexibility index (Phi) is 4.05. The fourth-order valence-corrected chi connectivity index (χ4v) is 4.05. The number of hydrogen-bond acceptors (Lipinski definition) is 5. The Morgan fingerprint density at radius 2 is 2.00 bits per heavy atom. The van der Waals surface area contributed by atoms with Crippen LogP contribution in [-0.4, -0.2) is 41.5 Å². The SMILES string of the molecule is CC1(O)CCC(CNc2ncc3c(-c4ccn5nccc5c4)ccn3n2)CC1. The molecule has 0 radical (unpaired) electrons. The van der Waals surface area contributed by atoms with Crippen molar-refractivity contribution in [3.05, 3.63) is 49.1 Å². The molecular formula is C21H24N6O. The summed E-state index contributed by atoms with van der Waals surface area (Å²) in [5, 5.41) is 22.3. The van der Waals surface area contributed by atoms with Crippen LogP contribution in [0.1, 0.15) is 32.6 Å². The molecule has 0 aliphatic heterocycles. The van der Waals surface area contributed by atoms with Gasteiger partial charge in [0.25, 0.3) is 0 Å². The van der Waals surface area contributed by atoms with Gasteiger partial charge in [-0.1, -0.05) is 0 Å². The van der Waals surface area contributed by atoms with Crippen molar-refractivity contribution in [1.82, 2.24) is 24.2 Å². The number of fused-ring (bicyclic) bond motifs is 2. The number of rotatable bonds is 4. The molecular weight excluding hydrogens is 352 g/mol. The number of pyridine rings is 1. The van der Waals surface area contributed by atoms with Crippen LogP contribution in [0.15, 0.2) is 49.1 Å². The maximum atomic E-state index is 10.1. The highest BCUT2D eigenvalue weighted by atomic mass is 16.3. The maximum absolute atomic E-state index is 10.1. The zero-order valence-corrected chi connectivity index (χ0v) is 15.9. The Hall–Kier alpha value is -2.93. The molecule has 2 N–H and O–H groups in total. The third kappa shape index (κ3) is 3.22. The van der Waals surface area contributed by atoms with Gasteiger partial charge in [0.05, 0.1) is 22.8 Å². The largest absolute Gasteiger partial charge is 0.390 e. The molecule has 0 spiro atoms. The van der Waals surface area contributed by atoms with Gasteiger partial charge in [-0.3, -0.25) is 0 Å². The summed E-state index contributed by atoms with van der Waals surface area (Å²) >= 11 is 0. The first-order valence-electron chi connectivity index (χ1n) is 9.82. The number of nitrogens with one attached hydrogen (secondary N) is 1. The highest BCUT2D eigenvalue weighted by Crippen LogP contribution is 2.31. The Labute approximate surface area is 163 Å². The van der Waals surface area contributed by atoms with E-state index in [1.807, 2.05) is 40.6 Å². The van der Waals surface area contributed by atoms with Gasteiger partial charge in [-0.2, -0.15) is 5.10 Å². The van der Waals surface area contributed by atoms with Gasteiger partial charge in [0.1, 0.15) is 0 Å². The molecule has 0 unspecified atom stereocenters. The van der Waals surface area contributed by atoms with Crippen molar-refractivity contribution < 1.29 is 5.11 Å². The third-order valence-electron chi connectivity index (χ3n) is 5.86. The fourth-order valence-electron chi connectivity index (χ4n) is 4.05. The number of hydrogen-bond donors (Lipinski definition) is 2. The molecule has 0 bridgehead atoms. The lowest BCUT2D eigenvalue weighted by Gasteiger charge is -2.33. The van der Waals surface area contributed by atoms with Gasteiger partial charge >= 0.3 is 0 Å². The second-order valence-corrected chi connectivity index (χ2v) is 8.08. The fraction of sp³-hybridized carbons (Fsp3) is 0.381. The van der Waals surface area contributed by atoms with Crippen LogP contribution < -0.4 is 5.32 Å². The molecule has 0 atom stereocenters. The lowest BCUT2D eigenvalue weighted by Crippen LogP contribution is -2.32. The first-order valence-corrected chi connectivity index (χ1v) is 9.82. The second-order valence-electron chi connectivity index (χ2n) is 8.08. The van der Waals surface area contributed by atoms with E-state index in [1.54, 1.807) is 6.20 Å². The van der Waals surface area contributed by atoms with E-state index in [1.165, 1.54) is 0 Å². The molecule has 0 aromatic carbocycles. The molecule has 7 heteroatoms. The zero-order chi connectivity index (χ0) is 19.1. The molecule has 1 aliphatic carbocycles. The van der Waals surface area contributed by atoms with E-state index >= 15 is 0 Å². The van der Waals surface area contributed by atoms with Crippen molar-refractivity contribution in [3.63, 3.8) is 0 Å². The number of aromatic nitrogens is 5. The molecule has 1 saturated carbocycles. The van der Waals surface area contributed by atoms with Gasteiger partial charge in [0, 0.05) is 30.7 Å². The topological polar surface area (TPSA) is 79.8 Å². The maximum Gasteiger partial charge on any atom is 0.241 e. The number of aliphatic hydroxyl groups is 1. The molecule has 0 saturated heterocycles. The molecule has 28 heavy (non-hydrogen) atoms. The summed E-state index contributed by atoms with van der Waals surface area (Å²) in [7, 11) is 0. The molecule has 7 nitrogen and oxygen atoms in total. The second kappa shape index (κ2) is 6.60. The van der Waals surface area contributed by atoms with Crippen LogP contribution in [0.25, 0.3) is 22.2 Å². The Bertz CT molecular complexity index is 1120. The molecule has 144 valence electrons. The van der Waals surface area contributed by atoms with Gasteiger partial charge in [-0.25, -0.2) is 14.0 Å². The van der Waals surface area contributed by atoms with Gasteiger partial charge < -0.3 is 10.4 Å². The number of nitrogens with zero attached hydrogens (tertiary/aromatic N) is 5. The van der Waals surface area contributed by atoms with Crippen LogP contribution in [0.4, 0.5) is 5.95 Å². The minimum Gasteiger partial charge on any atom is -0.390 e. The summed E-state index contributed by atoms with van der Waals surface area (Å²) in [5.41, 5.74) is 3.76. The Morgan fingerprint density at radius 3 is 2.86 bits per heavy atom. The van der Waals surface area contributed by atoms with Crippen LogP contribution >= 0.6 is 0 Å². The monoisotopic (exact) mass is 376 g/mol. The zero-order valence-electron chi connectivity index (χ0n) is 15.9. The summed E-state index contributed by atoms with van der Waals surface area (Å²) in [6.45, 7) is 2.77. The van der Waals surface area contributed by atoms with E-state index in [2.05, 4.69) is 38.7 Å². The van der Waals surface area contributed by atoms with E-state index < -0.39 is 5.60 Å². The summed E-state index contributed by atoms with van der Waals surface area (Å²) < 4.78 is 3.72. The van der Waals surface area contributed by atoms with Crippen molar-refractivity contribution in [3.8, 4) is 11.1 Å². The standard InChI is InChI=1S/C21H24N6O/c1-21(28)7-2-15(3-8-21)13-22-20-23-14-19-18(6-11-27(19)25-20)16-5-10-26-17(12-16)4-9-24-26/h4-6,9-12,14-15,28H,2-3,7-8,13H2,1H3,(H,22,25). The molecule has 0 amide bonds. The van der Waals surface area contributed by atoms with Crippen LogP contribution in [0.5, 0.6) is 0 Å². The van der Waals surface area contributed by atoms with Gasteiger partial charge in [0.15, 0.2) is 0 Å². The van der Waals surface area contributed by atoms with E-state index in [-0.39, 0.29) is 0 Å². The van der Waals surface area contributed by atoms with E-state index in [0.717, 1.165) is 54.4 Å². The van der Waals surface area contributed by atoms with E-state index in [9.17, 15) is 5.11 Å². The smallest absolute Gasteiger partial charge is 0.241 e. The molecule has 4 aromatic rings. The lowest BCUT2D eigenvalue weighted by molar-refractivity contribution is 0.00975. The average molecular weight is 376 g/mol. The third-order valence-corrected chi connectivity index (χ3v) is 5.86. The van der Waals surface area contributed by atoms with Crippen LogP contribution in [0.2, 0.25) is 0 Å². The minimum atomic E-state index is -0.493. The molecule has 4 aromatic heterocycles. The van der Waals surface area contributed by atoms with Crippen molar-refractivity contribution in [2.45, 2.75) is 38.2 Å². The van der Waals surface area contributed by atoms with E-state index in [0.29, 0.717) is 11.9 Å². The van der Waals surface area contributed by atoms with Gasteiger partial charge in [-0.05, 0) is 68.4 Å². The highest BCUT2D eigenvalue weighted by molar-refractivity contribution is 5.82. The summed E-state index contributed by atoms with van der Waals surface area (Å²) in [5.74, 6) is 1.19. The van der Waals surface area contributed by atoms with Crippen molar-refractivity contribution in [2.24, 2.45) is 5.92 Å². The summed E-state index contributed by atoms with van der Waals surface area (Å²) in [6, 6.07) is 8.23. The average Bonchev–Trinajstić information content (AvgIpc) is 3.33. The van der Waals surface area contributed by atoms with Crippen LogP contribution in [0, 0.1) is 5.92 Å². The highest BCUT2D eigenvalue weighted by Gasteiger charge is 2.28. The molecule has 5 rings (SSSR count).